The largest absolute Gasteiger partial charge is 0.497 e. The van der Waals surface area contributed by atoms with Crippen LogP contribution in [0.1, 0.15) is 40.0 Å². The monoisotopic (exact) mass is 540 g/mol. The van der Waals surface area contributed by atoms with Gasteiger partial charge in [-0.25, -0.2) is 14.6 Å². The first-order valence-electron chi connectivity index (χ1n) is 12.2. The smallest absolute Gasteiger partial charge is 0.338 e. The van der Waals surface area contributed by atoms with E-state index in [2.05, 4.69) is 0 Å². The molecule has 0 aliphatic carbocycles. The third kappa shape index (κ3) is 5.04. The van der Waals surface area contributed by atoms with Crippen molar-refractivity contribution >= 4 is 35.0 Å². The Morgan fingerprint density at radius 3 is 2.33 bits per heavy atom. The van der Waals surface area contributed by atoms with E-state index >= 15 is 0 Å². The zero-order chi connectivity index (χ0) is 27.5. The Kier molecular flexibility index (Phi) is 7.25. The number of carbonyl (C=O) groups is 2. The first-order valence-corrected chi connectivity index (χ1v) is 13.0. The van der Waals surface area contributed by atoms with Crippen molar-refractivity contribution in [2.24, 2.45) is 4.99 Å². The van der Waals surface area contributed by atoms with Crippen LogP contribution >= 0.6 is 11.3 Å². The number of methoxy groups -OCH3 is 1. The van der Waals surface area contributed by atoms with E-state index in [4.69, 9.17) is 14.5 Å². The molecule has 1 aromatic heterocycles. The van der Waals surface area contributed by atoms with Crippen LogP contribution in [0.4, 0.5) is 0 Å². The van der Waals surface area contributed by atoms with Gasteiger partial charge in [-0.15, -0.1) is 0 Å². The highest BCUT2D eigenvalue weighted by molar-refractivity contribution is 7.07. The first kappa shape index (κ1) is 25.9. The van der Waals surface area contributed by atoms with Gasteiger partial charge in [0.1, 0.15) is 5.75 Å². The fraction of sp³-hybridized carbons (Fsp3) is 0.133. The van der Waals surface area contributed by atoms with Crippen LogP contribution in [0.5, 0.6) is 5.75 Å². The second kappa shape index (κ2) is 10.9. The number of thiazole rings is 1. The van der Waals surface area contributed by atoms with Crippen molar-refractivity contribution in [3.8, 4) is 5.75 Å². The molecule has 0 unspecified atom stereocenters. The van der Waals surface area contributed by atoms with Crippen molar-refractivity contribution in [2.75, 3.05) is 13.7 Å². The van der Waals surface area contributed by atoms with Crippen molar-refractivity contribution in [1.29, 1.82) is 0 Å². The van der Waals surface area contributed by atoms with Crippen molar-refractivity contribution in [1.82, 2.24) is 4.57 Å². The normalized spacial score (nSPS) is 14.9. The van der Waals surface area contributed by atoms with E-state index in [1.54, 1.807) is 44.4 Å². The number of esters is 1. The molecule has 0 saturated carbocycles. The lowest BCUT2D eigenvalue weighted by molar-refractivity contribution is -0.138. The first-order chi connectivity index (χ1) is 18.9. The van der Waals surface area contributed by atoms with Crippen molar-refractivity contribution in [3.63, 3.8) is 0 Å². The van der Waals surface area contributed by atoms with Crippen molar-refractivity contribution in [2.45, 2.75) is 13.0 Å². The maximum Gasteiger partial charge on any atom is 0.338 e. The quantitative estimate of drug-likeness (QED) is 0.359. The molecule has 196 valence electrons. The Bertz CT molecular complexity index is 1750. The Labute approximate surface area is 227 Å². The standard InChI is InChI=1S/C30H24N2O6S/c1-3-38-29(36)24-25(19-7-5-4-6-8-19)31-30-32(26(24)20-13-15-22(37-2)16-14-20)27(33)23(39-30)17-18-9-11-21(12-10-18)28(34)35/h4-17,26H,3H2,1-2H3,(H,34,35)/b23-17-/t26-/m1/s1. The third-order valence-corrected chi connectivity index (χ3v) is 7.24. The number of aromatic carboxylic acids is 1. The van der Waals surface area contributed by atoms with Gasteiger partial charge in [-0.2, -0.15) is 0 Å². The van der Waals surface area contributed by atoms with Crippen molar-refractivity contribution < 1.29 is 24.2 Å². The predicted molar refractivity (Wildman–Crippen MR) is 147 cm³/mol. The molecule has 1 atom stereocenters. The van der Waals surface area contributed by atoms with Crippen LogP contribution in [0.2, 0.25) is 0 Å². The number of hydrogen-bond donors (Lipinski definition) is 1. The van der Waals surface area contributed by atoms with Crippen LogP contribution in [0.25, 0.3) is 11.8 Å². The minimum Gasteiger partial charge on any atom is -0.497 e. The zero-order valence-electron chi connectivity index (χ0n) is 21.2. The summed E-state index contributed by atoms with van der Waals surface area (Å²) in [7, 11) is 1.57. The molecule has 0 saturated heterocycles. The zero-order valence-corrected chi connectivity index (χ0v) is 22.0. The van der Waals surface area contributed by atoms with Crippen LogP contribution in [0, 0.1) is 0 Å². The molecule has 1 aliphatic heterocycles. The molecule has 3 aromatic carbocycles. The molecule has 8 nitrogen and oxygen atoms in total. The number of ether oxygens (including phenoxy) is 2. The summed E-state index contributed by atoms with van der Waals surface area (Å²) in [5.41, 5.74) is 2.61. The molecular weight excluding hydrogens is 516 g/mol. The lowest BCUT2D eigenvalue weighted by Crippen LogP contribution is -2.40. The molecule has 1 aliphatic rings. The molecule has 0 spiro atoms. The van der Waals surface area contributed by atoms with Gasteiger partial charge in [0.25, 0.3) is 5.56 Å². The van der Waals surface area contributed by atoms with E-state index in [1.807, 2.05) is 42.5 Å². The number of carboxylic acid groups (broad SMARTS) is 1. The summed E-state index contributed by atoms with van der Waals surface area (Å²) in [5, 5.41) is 9.19. The molecule has 0 bridgehead atoms. The van der Waals surface area contributed by atoms with Crippen LogP contribution in [0.3, 0.4) is 0 Å². The Morgan fingerprint density at radius 1 is 1.03 bits per heavy atom. The average molecular weight is 541 g/mol. The summed E-state index contributed by atoms with van der Waals surface area (Å²) in [5.74, 6) is -0.944. The highest BCUT2D eigenvalue weighted by Gasteiger charge is 2.35. The maximum absolute atomic E-state index is 13.9. The molecule has 1 N–H and O–H groups in total. The number of rotatable bonds is 7. The molecule has 0 fully saturated rings. The molecular formula is C30H24N2O6S. The number of carbonyl (C=O) groups excluding carboxylic acids is 1. The summed E-state index contributed by atoms with van der Waals surface area (Å²) in [4.78, 5) is 43.8. The van der Waals surface area contributed by atoms with E-state index < -0.39 is 18.0 Å². The van der Waals surface area contributed by atoms with Crippen molar-refractivity contribution in [3.05, 3.63) is 126 Å². The average Bonchev–Trinajstić information content (AvgIpc) is 3.27. The number of benzene rings is 3. The van der Waals surface area contributed by atoms with Gasteiger partial charge in [0.05, 0.1) is 41.1 Å². The van der Waals surface area contributed by atoms with Crippen LogP contribution in [0.15, 0.2) is 94.2 Å². The van der Waals surface area contributed by atoms with E-state index in [0.29, 0.717) is 31.9 Å². The highest BCUT2D eigenvalue weighted by atomic mass is 32.1. The second-order valence-corrected chi connectivity index (χ2v) is 9.64. The predicted octanol–water partition coefficient (Wildman–Crippen LogP) is 3.64. The Morgan fingerprint density at radius 2 is 1.72 bits per heavy atom. The number of aromatic nitrogens is 1. The number of nitrogens with zero attached hydrogens (tertiary/aromatic N) is 2. The van der Waals surface area contributed by atoms with E-state index in [0.717, 1.165) is 5.56 Å². The summed E-state index contributed by atoms with van der Waals surface area (Å²) in [6.45, 7) is 1.89. The Balaban J connectivity index is 1.78. The van der Waals surface area contributed by atoms with Gasteiger partial charge >= 0.3 is 11.9 Å². The Hall–Kier alpha value is -4.76. The fourth-order valence-corrected chi connectivity index (χ4v) is 5.42. The van der Waals surface area contributed by atoms with Crippen LogP contribution in [-0.2, 0) is 9.53 Å². The molecule has 0 amide bonds. The van der Waals surface area contributed by atoms with E-state index in [-0.39, 0.29) is 23.3 Å². The summed E-state index contributed by atoms with van der Waals surface area (Å²) < 4.78 is 12.7. The molecule has 9 heteroatoms. The molecule has 5 rings (SSSR count). The summed E-state index contributed by atoms with van der Waals surface area (Å²) >= 11 is 1.20. The summed E-state index contributed by atoms with van der Waals surface area (Å²) in [6, 6.07) is 22.0. The molecule has 2 heterocycles. The number of fused-ring (bicyclic) bond motifs is 1. The lowest BCUT2D eigenvalue weighted by Gasteiger charge is -2.26. The molecule has 39 heavy (non-hydrogen) atoms. The fourth-order valence-electron chi connectivity index (χ4n) is 4.42. The second-order valence-electron chi connectivity index (χ2n) is 8.63. The van der Waals surface area contributed by atoms with Gasteiger partial charge in [-0.3, -0.25) is 9.36 Å². The minimum atomic E-state index is -1.03. The lowest BCUT2D eigenvalue weighted by atomic mass is 9.93. The molecule has 4 aromatic rings. The minimum absolute atomic E-state index is 0.152. The van der Waals surface area contributed by atoms with Gasteiger partial charge in [-0.05, 0) is 48.4 Å². The van der Waals surface area contributed by atoms with Gasteiger partial charge in [0, 0.05) is 5.56 Å². The van der Waals surface area contributed by atoms with Gasteiger partial charge < -0.3 is 14.6 Å². The third-order valence-electron chi connectivity index (χ3n) is 6.26. The van der Waals surface area contributed by atoms with Gasteiger partial charge in [0.2, 0.25) is 0 Å². The van der Waals surface area contributed by atoms with Crippen LogP contribution < -0.4 is 19.6 Å². The molecule has 0 radical (unpaired) electrons. The van der Waals surface area contributed by atoms with Gasteiger partial charge in [-0.1, -0.05) is 65.9 Å². The summed E-state index contributed by atoms with van der Waals surface area (Å²) in [6.07, 6.45) is 1.69. The van der Waals surface area contributed by atoms with Gasteiger partial charge in [0.15, 0.2) is 4.80 Å². The SMILES string of the molecule is CCOC(=O)C1=C(c2ccccc2)N=c2s/c(=C\c3ccc(C(=O)O)cc3)c(=O)n2[C@@H]1c1ccc(OC)cc1. The van der Waals surface area contributed by atoms with Crippen LogP contribution in [-0.4, -0.2) is 35.3 Å². The van der Waals surface area contributed by atoms with E-state index in [1.165, 1.54) is 28.0 Å². The maximum atomic E-state index is 13.9. The topological polar surface area (TPSA) is 107 Å². The van der Waals surface area contributed by atoms with E-state index in [9.17, 15) is 19.5 Å². The number of carboxylic acids is 1. The highest BCUT2D eigenvalue weighted by Crippen LogP contribution is 2.35. The number of hydrogen-bond acceptors (Lipinski definition) is 7.